The summed E-state index contributed by atoms with van der Waals surface area (Å²) in [6, 6.07) is 21.0. The quantitative estimate of drug-likeness (QED) is 0.774. The van der Waals surface area contributed by atoms with Crippen LogP contribution in [0.1, 0.15) is 24.0 Å². The first-order valence-electron chi connectivity index (χ1n) is 8.57. The van der Waals surface area contributed by atoms with E-state index >= 15 is 0 Å². The van der Waals surface area contributed by atoms with Gasteiger partial charge in [0.25, 0.3) is 0 Å². The zero-order valence-electron chi connectivity index (χ0n) is 14.0. The van der Waals surface area contributed by atoms with Crippen LogP contribution < -0.4 is 0 Å². The third-order valence-corrected chi connectivity index (χ3v) is 4.26. The summed E-state index contributed by atoms with van der Waals surface area (Å²) < 4.78 is 0. The smallest absolute Gasteiger partial charge is 0.226 e. The van der Waals surface area contributed by atoms with Gasteiger partial charge in [0, 0.05) is 38.8 Å². The Morgan fingerprint density at radius 3 is 2.00 bits per heavy atom. The monoisotopic (exact) mass is 320 g/mol. The number of likely N-dealkylation sites (tertiary alicyclic amines) is 1. The van der Waals surface area contributed by atoms with Gasteiger partial charge in [0.15, 0.2) is 0 Å². The van der Waals surface area contributed by atoms with Gasteiger partial charge in [-0.15, -0.1) is 0 Å². The van der Waals surface area contributed by atoms with Gasteiger partial charge >= 0.3 is 0 Å². The fraction of sp³-hybridized carbons (Fsp3) is 0.286. The number of amides is 1. The number of rotatable bonds is 7. The van der Waals surface area contributed by atoms with E-state index in [0.717, 1.165) is 32.6 Å². The van der Waals surface area contributed by atoms with Crippen LogP contribution in [-0.2, 0) is 17.9 Å². The zero-order valence-corrected chi connectivity index (χ0v) is 14.0. The van der Waals surface area contributed by atoms with Crippen molar-refractivity contribution in [1.82, 2.24) is 9.80 Å². The van der Waals surface area contributed by atoms with Crippen molar-refractivity contribution in [3.8, 4) is 0 Å². The van der Waals surface area contributed by atoms with Gasteiger partial charge in [0.1, 0.15) is 0 Å². The van der Waals surface area contributed by atoms with E-state index in [1.807, 2.05) is 23.2 Å². The summed E-state index contributed by atoms with van der Waals surface area (Å²) in [7, 11) is 0. The van der Waals surface area contributed by atoms with Crippen LogP contribution in [0.4, 0.5) is 0 Å². The second kappa shape index (κ2) is 8.46. The molecule has 0 spiro atoms. The topological polar surface area (TPSA) is 23.6 Å². The molecule has 2 aromatic rings. The fourth-order valence-electron chi connectivity index (χ4n) is 3.02. The lowest BCUT2D eigenvalue weighted by Crippen LogP contribution is -2.24. The standard InChI is InChI=1S/C21H24N2O/c24-21-13-7-15-23(21)16-8-14-22(17-19-9-3-1-4-10-19)18-20-11-5-2-6-12-20/h1-6,8-12,16H,7,13-15,17-18H2/b16-8-. The second-order valence-electron chi connectivity index (χ2n) is 6.22. The molecule has 0 bridgehead atoms. The van der Waals surface area contributed by atoms with Crippen molar-refractivity contribution in [3.05, 3.63) is 84.1 Å². The van der Waals surface area contributed by atoms with Gasteiger partial charge < -0.3 is 4.90 Å². The maximum absolute atomic E-state index is 11.7. The molecule has 1 heterocycles. The molecular formula is C21H24N2O. The Hall–Kier alpha value is -2.39. The lowest BCUT2D eigenvalue weighted by Gasteiger charge is -2.21. The highest BCUT2D eigenvalue weighted by Crippen LogP contribution is 2.12. The molecule has 0 N–H and O–H groups in total. The van der Waals surface area contributed by atoms with E-state index < -0.39 is 0 Å². The molecule has 2 aromatic carbocycles. The first-order chi connectivity index (χ1) is 11.8. The molecule has 3 nitrogen and oxygen atoms in total. The molecule has 1 saturated heterocycles. The van der Waals surface area contributed by atoms with Crippen LogP contribution in [0.3, 0.4) is 0 Å². The number of hydrogen-bond acceptors (Lipinski definition) is 2. The first-order valence-corrected chi connectivity index (χ1v) is 8.57. The maximum Gasteiger partial charge on any atom is 0.226 e. The van der Waals surface area contributed by atoms with Crippen LogP contribution in [0.2, 0.25) is 0 Å². The van der Waals surface area contributed by atoms with Crippen molar-refractivity contribution in [2.45, 2.75) is 25.9 Å². The summed E-state index contributed by atoms with van der Waals surface area (Å²) in [6.45, 7) is 3.47. The van der Waals surface area contributed by atoms with E-state index in [1.54, 1.807) is 0 Å². The van der Waals surface area contributed by atoms with Crippen LogP contribution >= 0.6 is 0 Å². The summed E-state index contributed by atoms with van der Waals surface area (Å²) in [4.78, 5) is 15.9. The summed E-state index contributed by atoms with van der Waals surface area (Å²) >= 11 is 0. The van der Waals surface area contributed by atoms with E-state index in [4.69, 9.17) is 0 Å². The van der Waals surface area contributed by atoms with Gasteiger partial charge in [0.05, 0.1) is 0 Å². The Morgan fingerprint density at radius 1 is 0.917 bits per heavy atom. The van der Waals surface area contributed by atoms with Crippen LogP contribution in [0.5, 0.6) is 0 Å². The summed E-state index contributed by atoms with van der Waals surface area (Å²) in [5, 5.41) is 0. The number of carbonyl (C=O) groups is 1. The molecule has 1 fully saturated rings. The molecule has 0 radical (unpaired) electrons. The second-order valence-corrected chi connectivity index (χ2v) is 6.22. The number of carbonyl (C=O) groups excluding carboxylic acids is 1. The lowest BCUT2D eigenvalue weighted by molar-refractivity contribution is -0.125. The van der Waals surface area contributed by atoms with E-state index in [-0.39, 0.29) is 5.91 Å². The molecule has 1 aliphatic heterocycles. The number of nitrogens with zero attached hydrogens (tertiary/aromatic N) is 2. The van der Waals surface area contributed by atoms with Crippen molar-refractivity contribution < 1.29 is 4.79 Å². The Labute approximate surface area is 144 Å². The van der Waals surface area contributed by atoms with Gasteiger partial charge in [-0.05, 0) is 17.5 Å². The predicted molar refractivity (Wildman–Crippen MR) is 97.1 cm³/mol. The molecule has 1 aliphatic rings. The normalized spacial score (nSPS) is 14.9. The van der Waals surface area contributed by atoms with Gasteiger partial charge in [-0.25, -0.2) is 0 Å². The van der Waals surface area contributed by atoms with E-state index in [9.17, 15) is 4.79 Å². The molecular weight excluding hydrogens is 296 g/mol. The van der Waals surface area contributed by atoms with Crippen molar-refractivity contribution in [2.24, 2.45) is 0 Å². The number of benzene rings is 2. The van der Waals surface area contributed by atoms with Crippen molar-refractivity contribution in [1.29, 1.82) is 0 Å². The molecule has 1 amide bonds. The third-order valence-electron chi connectivity index (χ3n) is 4.26. The summed E-state index contributed by atoms with van der Waals surface area (Å²) in [6.07, 6.45) is 5.72. The van der Waals surface area contributed by atoms with Gasteiger partial charge in [-0.2, -0.15) is 0 Å². The lowest BCUT2D eigenvalue weighted by atomic mass is 10.1. The molecule has 24 heavy (non-hydrogen) atoms. The highest BCUT2D eigenvalue weighted by Gasteiger charge is 2.17. The Bertz CT molecular complexity index is 625. The minimum absolute atomic E-state index is 0.240. The van der Waals surface area contributed by atoms with Crippen molar-refractivity contribution in [2.75, 3.05) is 13.1 Å². The average molecular weight is 320 g/mol. The van der Waals surface area contributed by atoms with E-state index in [2.05, 4.69) is 59.5 Å². The maximum atomic E-state index is 11.7. The minimum Gasteiger partial charge on any atom is -0.319 e. The molecule has 0 atom stereocenters. The highest BCUT2D eigenvalue weighted by molar-refractivity contribution is 5.79. The third kappa shape index (κ3) is 4.80. The van der Waals surface area contributed by atoms with Gasteiger partial charge in [-0.1, -0.05) is 66.7 Å². The average Bonchev–Trinajstić information content (AvgIpc) is 3.02. The highest BCUT2D eigenvalue weighted by atomic mass is 16.2. The molecule has 0 saturated carbocycles. The van der Waals surface area contributed by atoms with Gasteiger partial charge in [0.2, 0.25) is 5.91 Å². The largest absolute Gasteiger partial charge is 0.319 e. The minimum atomic E-state index is 0.240. The van der Waals surface area contributed by atoms with E-state index in [1.165, 1.54) is 11.1 Å². The van der Waals surface area contributed by atoms with Crippen LogP contribution in [0.15, 0.2) is 72.9 Å². The molecule has 3 heteroatoms. The molecule has 0 aromatic heterocycles. The Kier molecular flexibility index (Phi) is 5.80. The molecule has 3 rings (SSSR count). The SMILES string of the molecule is O=C1CCCN1/C=C\CN(Cc1ccccc1)Cc1ccccc1. The summed E-state index contributed by atoms with van der Waals surface area (Å²) in [5.74, 6) is 0.240. The van der Waals surface area contributed by atoms with Gasteiger partial charge in [-0.3, -0.25) is 9.69 Å². The van der Waals surface area contributed by atoms with Crippen LogP contribution in [-0.4, -0.2) is 28.8 Å². The van der Waals surface area contributed by atoms with Crippen molar-refractivity contribution in [3.63, 3.8) is 0 Å². The molecule has 0 unspecified atom stereocenters. The molecule has 0 aliphatic carbocycles. The Balaban J connectivity index is 1.64. The van der Waals surface area contributed by atoms with E-state index in [0.29, 0.717) is 6.42 Å². The van der Waals surface area contributed by atoms with Crippen LogP contribution in [0.25, 0.3) is 0 Å². The van der Waals surface area contributed by atoms with Crippen LogP contribution in [0, 0.1) is 0 Å². The first kappa shape index (κ1) is 16.5. The summed E-state index contributed by atoms with van der Waals surface area (Å²) in [5.41, 5.74) is 2.61. The van der Waals surface area contributed by atoms with Crippen molar-refractivity contribution >= 4 is 5.91 Å². The zero-order chi connectivity index (χ0) is 16.6. The Morgan fingerprint density at radius 2 is 1.50 bits per heavy atom. The fourth-order valence-corrected chi connectivity index (χ4v) is 3.02. The number of hydrogen-bond donors (Lipinski definition) is 0. The predicted octanol–water partition coefficient (Wildman–Crippen LogP) is 3.82. The molecule has 124 valence electrons.